The minimum absolute atomic E-state index is 0.0266. The van der Waals surface area contributed by atoms with Crippen molar-refractivity contribution in [3.8, 4) is 0 Å². The monoisotopic (exact) mass is 786 g/mol. The summed E-state index contributed by atoms with van der Waals surface area (Å²) >= 11 is 0. The molecule has 0 spiro atoms. The normalized spacial score (nSPS) is 31.9. The average molecular weight is 787 g/mol. The second kappa shape index (κ2) is 17.8. The highest BCUT2D eigenvalue weighted by Crippen LogP contribution is 2.54. The molecule has 3 rings (SSSR count). The van der Waals surface area contributed by atoms with Gasteiger partial charge in [0.15, 0.2) is 24.4 Å². The van der Waals surface area contributed by atoms with Gasteiger partial charge in [0.2, 0.25) is 0 Å². The molecule has 0 aliphatic heterocycles. The molecule has 15 heteroatoms. The number of carbonyl (C=O) groups is 7. The van der Waals surface area contributed by atoms with Crippen molar-refractivity contribution in [2.45, 2.75) is 130 Å². The van der Waals surface area contributed by atoms with Gasteiger partial charge in [0.25, 0.3) is 0 Å². The average Bonchev–Trinajstić information content (AvgIpc) is 3.28. The third kappa shape index (κ3) is 10.4. The third-order valence-corrected chi connectivity index (χ3v) is 9.84. The number of aliphatic hydroxyl groups is 1. The fourth-order valence-electron chi connectivity index (χ4n) is 7.58. The molecule has 15 nitrogen and oxygen atoms in total. The third-order valence-electron chi connectivity index (χ3n) is 9.84. The first-order valence-electron chi connectivity index (χ1n) is 18.3. The van der Waals surface area contributed by atoms with E-state index >= 15 is 0 Å². The van der Waals surface area contributed by atoms with Crippen LogP contribution in [0, 0.1) is 23.2 Å². The van der Waals surface area contributed by atoms with E-state index in [2.05, 4.69) is 6.58 Å². The smallest absolute Gasteiger partial charge is 0.338 e. The van der Waals surface area contributed by atoms with Gasteiger partial charge >= 0.3 is 41.8 Å². The van der Waals surface area contributed by atoms with E-state index in [0.717, 1.165) is 34.6 Å². The second-order valence-corrected chi connectivity index (χ2v) is 15.6. The van der Waals surface area contributed by atoms with Crippen molar-refractivity contribution < 1.29 is 71.8 Å². The molecule has 0 saturated heterocycles. The number of rotatable bonds is 9. The molecule has 0 radical (unpaired) electrons. The van der Waals surface area contributed by atoms with Crippen LogP contribution in [-0.2, 0) is 61.9 Å². The fraction of sp³-hybridized carbons (Fsp3) is 0.585. The Morgan fingerprint density at radius 1 is 0.714 bits per heavy atom. The van der Waals surface area contributed by atoms with E-state index in [-0.39, 0.29) is 11.1 Å². The van der Waals surface area contributed by atoms with Gasteiger partial charge in [-0.05, 0) is 19.1 Å². The summed E-state index contributed by atoms with van der Waals surface area (Å²) < 4.78 is 41.5. The minimum Gasteiger partial charge on any atom is -0.459 e. The van der Waals surface area contributed by atoms with Crippen LogP contribution >= 0.6 is 0 Å². The number of ether oxygens (including phenoxy) is 7. The molecule has 1 aromatic rings. The number of carbonyl (C=O) groups excluding carboxylic acids is 7. The quantitative estimate of drug-likeness (QED) is 0.210. The van der Waals surface area contributed by atoms with Crippen LogP contribution in [0.25, 0.3) is 0 Å². The van der Waals surface area contributed by atoms with Gasteiger partial charge in [-0.15, -0.1) is 0 Å². The molecule has 0 heterocycles. The largest absolute Gasteiger partial charge is 0.459 e. The van der Waals surface area contributed by atoms with E-state index in [1.54, 1.807) is 51.1 Å². The van der Waals surface area contributed by atoms with E-state index < -0.39 is 119 Å². The Bertz CT molecular complexity index is 1710. The molecule has 1 N–H and O–H groups in total. The lowest BCUT2D eigenvalue weighted by Gasteiger charge is -2.46. The summed E-state index contributed by atoms with van der Waals surface area (Å²) in [6, 6.07) is 7.68. The Kier molecular flexibility index (Phi) is 14.4. The van der Waals surface area contributed by atoms with Crippen LogP contribution in [0.4, 0.5) is 0 Å². The zero-order valence-electron chi connectivity index (χ0n) is 33.8. The topological polar surface area (TPSA) is 204 Å². The van der Waals surface area contributed by atoms with Crippen molar-refractivity contribution >= 4 is 41.8 Å². The molecule has 0 unspecified atom stereocenters. The number of esters is 7. The lowest BCUT2D eigenvalue weighted by molar-refractivity contribution is -0.198. The Labute approximate surface area is 327 Å². The van der Waals surface area contributed by atoms with Gasteiger partial charge in [0, 0.05) is 57.9 Å². The molecule has 10 atom stereocenters. The molecule has 1 saturated carbocycles. The first-order chi connectivity index (χ1) is 25.8. The van der Waals surface area contributed by atoms with Gasteiger partial charge in [0.1, 0.15) is 23.4 Å². The standard InChI is InChI=1S/C41H54O15/c1-21(2)37(47)55-32-23(4)31(54-38(48)29-16-14-13-15-17-29)30-35(52-26(7)44)40(12,56-28(9)46)20-41(30,49)34(51-25(6)43)22(3)18-19-39(10,11)36(53-27(8)45)33(32)50-24(5)42/h13-19,21-22,30-36,49H,4,20H2,1-3,5-12H3/b19-18+/t22-,30-,31-,32-,33+,34+,35+,36+,40+,41+/m0/s1. The first-order valence-corrected chi connectivity index (χ1v) is 18.3. The van der Waals surface area contributed by atoms with Crippen molar-refractivity contribution in [2.24, 2.45) is 23.2 Å². The summed E-state index contributed by atoms with van der Waals surface area (Å²) in [6.45, 7) is 19.1. The van der Waals surface area contributed by atoms with Crippen molar-refractivity contribution in [3.05, 3.63) is 60.2 Å². The number of fused-ring (bicyclic) bond motifs is 1. The summed E-state index contributed by atoms with van der Waals surface area (Å²) in [7, 11) is 0. The molecule has 2 aliphatic carbocycles. The summed E-state index contributed by atoms with van der Waals surface area (Å²) in [4.78, 5) is 91.9. The first kappa shape index (κ1) is 45.3. The predicted octanol–water partition coefficient (Wildman–Crippen LogP) is 4.37. The van der Waals surface area contributed by atoms with Gasteiger partial charge in [-0.2, -0.15) is 0 Å². The highest BCUT2D eigenvalue weighted by atomic mass is 16.6. The van der Waals surface area contributed by atoms with Gasteiger partial charge in [-0.3, -0.25) is 28.8 Å². The van der Waals surface area contributed by atoms with Gasteiger partial charge < -0.3 is 38.3 Å². The number of hydrogen-bond donors (Lipinski definition) is 1. The molecule has 0 aromatic heterocycles. The van der Waals surface area contributed by atoms with E-state index in [0.29, 0.717) is 0 Å². The summed E-state index contributed by atoms with van der Waals surface area (Å²) in [5.41, 5.74) is -5.85. The maximum atomic E-state index is 14.1. The van der Waals surface area contributed by atoms with Crippen LogP contribution in [0.15, 0.2) is 54.6 Å². The summed E-state index contributed by atoms with van der Waals surface area (Å²) in [5.74, 6) is -9.46. The van der Waals surface area contributed by atoms with E-state index in [1.807, 2.05) is 0 Å². The van der Waals surface area contributed by atoms with Gasteiger partial charge in [0.05, 0.1) is 17.4 Å². The van der Waals surface area contributed by atoms with Crippen molar-refractivity contribution in [1.29, 1.82) is 0 Å². The van der Waals surface area contributed by atoms with E-state index in [1.165, 1.54) is 32.9 Å². The molecule has 1 fully saturated rings. The van der Waals surface area contributed by atoms with Crippen molar-refractivity contribution in [3.63, 3.8) is 0 Å². The molecule has 56 heavy (non-hydrogen) atoms. The maximum Gasteiger partial charge on any atom is 0.338 e. The zero-order chi connectivity index (χ0) is 42.5. The summed E-state index contributed by atoms with van der Waals surface area (Å²) in [5, 5.41) is 13.3. The number of hydrogen-bond acceptors (Lipinski definition) is 15. The van der Waals surface area contributed by atoms with Crippen molar-refractivity contribution in [2.75, 3.05) is 0 Å². The van der Waals surface area contributed by atoms with Crippen molar-refractivity contribution in [1.82, 2.24) is 0 Å². The SMILES string of the molecule is C=C1[C@H](OC(=O)C(C)C)[C@@H](OC(C)=O)[C@@H](OC(C)=O)C(C)(C)/C=C/[C@H](C)[C@@H](OC(C)=O)[C@@]2(O)C[C@@](C)(OC(C)=O)[C@H](OC(C)=O)[C@@H]2[C@H]1OC(=O)c1ccccc1. The highest BCUT2D eigenvalue weighted by molar-refractivity contribution is 5.89. The Morgan fingerprint density at radius 3 is 1.73 bits per heavy atom. The van der Waals surface area contributed by atoms with Crippen LogP contribution in [-0.4, -0.2) is 94.7 Å². The zero-order valence-corrected chi connectivity index (χ0v) is 33.8. The molecule has 1 aromatic carbocycles. The molecule has 308 valence electrons. The van der Waals surface area contributed by atoms with Crippen LogP contribution in [0.5, 0.6) is 0 Å². The highest BCUT2D eigenvalue weighted by Gasteiger charge is 2.70. The summed E-state index contributed by atoms with van der Waals surface area (Å²) in [6.07, 6.45) is -7.36. The molecular weight excluding hydrogens is 732 g/mol. The predicted molar refractivity (Wildman–Crippen MR) is 197 cm³/mol. The molecule has 0 bridgehead atoms. The Morgan fingerprint density at radius 2 is 1.23 bits per heavy atom. The molecular formula is C41H54O15. The second-order valence-electron chi connectivity index (χ2n) is 15.6. The maximum absolute atomic E-state index is 14.1. The van der Waals surface area contributed by atoms with Crippen LogP contribution in [0.2, 0.25) is 0 Å². The fourth-order valence-corrected chi connectivity index (χ4v) is 7.58. The van der Waals surface area contributed by atoms with Gasteiger partial charge in [-0.25, -0.2) is 4.79 Å². The Balaban J connectivity index is 2.63. The van der Waals surface area contributed by atoms with Crippen LogP contribution in [0.1, 0.15) is 92.9 Å². The minimum atomic E-state index is -2.40. The lowest BCUT2D eigenvalue weighted by atomic mass is 9.71. The lowest BCUT2D eigenvalue weighted by Crippen LogP contribution is -2.60. The Hall–Kier alpha value is -5.05. The number of benzene rings is 1. The van der Waals surface area contributed by atoms with Crippen LogP contribution < -0.4 is 0 Å². The molecule has 2 aliphatic rings. The van der Waals surface area contributed by atoms with Crippen LogP contribution in [0.3, 0.4) is 0 Å². The van der Waals surface area contributed by atoms with E-state index in [9.17, 15) is 38.7 Å². The van der Waals surface area contributed by atoms with E-state index in [4.69, 9.17) is 33.2 Å². The van der Waals surface area contributed by atoms with Gasteiger partial charge in [-0.1, -0.05) is 71.5 Å². The molecule has 0 amide bonds.